The molecule has 0 radical (unpaired) electrons. The third-order valence-corrected chi connectivity index (χ3v) is 4.18. The topological polar surface area (TPSA) is 42.2 Å². The van der Waals surface area contributed by atoms with Crippen LogP contribution in [-0.4, -0.2) is 22.1 Å². The molecule has 0 saturated carbocycles. The maximum Gasteiger partial charge on any atom is 0.416 e. The molecule has 3 rings (SSSR count). The Bertz CT molecular complexity index is 878. The van der Waals surface area contributed by atoms with Crippen LogP contribution in [-0.2, 0) is 19.3 Å². The predicted octanol–water partition coefficient (Wildman–Crippen LogP) is 5.15. The molecule has 4 nitrogen and oxygen atoms in total. The summed E-state index contributed by atoms with van der Waals surface area (Å²) in [5.74, 6) is 0.929. The molecule has 0 bridgehead atoms. The number of halogens is 4. The molecule has 0 fully saturated rings. The fraction of sp³-hybridized carbons (Fsp3) is 0.222. The quantitative estimate of drug-likeness (QED) is 0.566. The number of nitrogens with zero attached hydrogens (tertiary/aromatic N) is 3. The minimum atomic E-state index is -4.32. The summed E-state index contributed by atoms with van der Waals surface area (Å²) in [4.78, 5) is 6.25. The monoisotopic (exact) mass is 425 g/mol. The number of hydrogen-bond acceptors (Lipinski definition) is 4. The summed E-state index contributed by atoms with van der Waals surface area (Å²) in [5.41, 5.74) is 0.950. The van der Waals surface area contributed by atoms with Gasteiger partial charge in [-0.2, -0.15) is 18.2 Å². The number of benzene rings is 2. The van der Waals surface area contributed by atoms with Gasteiger partial charge < -0.3 is 4.52 Å². The van der Waals surface area contributed by atoms with Crippen LogP contribution in [0, 0.1) is 0 Å². The van der Waals surface area contributed by atoms with E-state index in [1.165, 1.54) is 12.1 Å². The Morgan fingerprint density at radius 1 is 1.08 bits per heavy atom. The molecule has 8 heteroatoms. The van der Waals surface area contributed by atoms with E-state index in [0.717, 1.165) is 27.7 Å². The van der Waals surface area contributed by atoms with Crippen LogP contribution in [0.5, 0.6) is 0 Å². The first-order valence-electron chi connectivity index (χ1n) is 7.74. The molecule has 1 heterocycles. The summed E-state index contributed by atoms with van der Waals surface area (Å²) in [6, 6.07) is 12.7. The Hall–Kier alpha value is -2.19. The number of rotatable bonds is 5. The highest BCUT2D eigenvalue weighted by Crippen LogP contribution is 2.29. The van der Waals surface area contributed by atoms with E-state index in [4.69, 9.17) is 4.52 Å². The fourth-order valence-electron chi connectivity index (χ4n) is 2.46. The molecule has 0 amide bonds. The number of alkyl halides is 3. The van der Waals surface area contributed by atoms with Gasteiger partial charge in [-0.05, 0) is 36.9 Å². The molecular weight excluding hydrogens is 411 g/mol. The minimum Gasteiger partial charge on any atom is -0.338 e. The maximum atomic E-state index is 12.6. The van der Waals surface area contributed by atoms with Crippen LogP contribution in [0.1, 0.15) is 17.0 Å². The van der Waals surface area contributed by atoms with Crippen molar-refractivity contribution in [2.75, 3.05) is 7.05 Å². The van der Waals surface area contributed by atoms with Crippen molar-refractivity contribution >= 4 is 15.9 Å². The number of hydrogen-bond donors (Lipinski definition) is 0. The van der Waals surface area contributed by atoms with Gasteiger partial charge in [-0.25, -0.2) is 0 Å². The van der Waals surface area contributed by atoms with Gasteiger partial charge in [0.05, 0.1) is 12.1 Å². The summed E-state index contributed by atoms with van der Waals surface area (Å²) in [6.07, 6.45) is -4.32. The maximum absolute atomic E-state index is 12.6. The van der Waals surface area contributed by atoms with Crippen LogP contribution in [0.3, 0.4) is 0 Å². The van der Waals surface area contributed by atoms with Gasteiger partial charge in [0.1, 0.15) is 0 Å². The van der Waals surface area contributed by atoms with Gasteiger partial charge in [-0.3, -0.25) is 4.90 Å². The lowest BCUT2D eigenvalue weighted by Gasteiger charge is -2.14. The van der Waals surface area contributed by atoms with Crippen LogP contribution < -0.4 is 0 Å². The first-order valence-corrected chi connectivity index (χ1v) is 8.54. The third kappa shape index (κ3) is 4.70. The molecule has 26 heavy (non-hydrogen) atoms. The molecule has 0 spiro atoms. The van der Waals surface area contributed by atoms with Crippen molar-refractivity contribution in [2.45, 2.75) is 19.3 Å². The van der Waals surface area contributed by atoms with E-state index >= 15 is 0 Å². The molecule has 1 aromatic heterocycles. The van der Waals surface area contributed by atoms with Crippen LogP contribution in [0.15, 0.2) is 57.5 Å². The molecule has 0 unspecified atom stereocenters. The van der Waals surface area contributed by atoms with E-state index in [2.05, 4.69) is 26.1 Å². The normalized spacial score (nSPS) is 11.9. The van der Waals surface area contributed by atoms with Gasteiger partial charge in [-0.1, -0.05) is 45.4 Å². The summed E-state index contributed by atoms with van der Waals surface area (Å²) >= 11 is 3.40. The molecular formula is C18H15BrF3N3O. The van der Waals surface area contributed by atoms with Crippen molar-refractivity contribution < 1.29 is 17.7 Å². The predicted molar refractivity (Wildman–Crippen MR) is 94.0 cm³/mol. The molecule has 0 aliphatic heterocycles. The molecule has 3 aromatic rings. The molecule has 2 aromatic carbocycles. The van der Waals surface area contributed by atoms with Crippen LogP contribution in [0.25, 0.3) is 11.4 Å². The lowest BCUT2D eigenvalue weighted by molar-refractivity contribution is -0.137. The van der Waals surface area contributed by atoms with Gasteiger partial charge in [0, 0.05) is 16.6 Å². The highest BCUT2D eigenvalue weighted by atomic mass is 79.9. The Labute approximate surface area is 156 Å². The Morgan fingerprint density at radius 2 is 1.81 bits per heavy atom. The van der Waals surface area contributed by atoms with E-state index in [0.29, 0.717) is 24.8 Å². The van der Waals surface area contributed by atoms with Gasteiger partial charge in [0.15, 0.2) is 0 Å². The molecule has 0 saturated heterocycles. The zero-order valence-corrected chi connectivity index (χ0v) is 15.4. The second kappa shape index (κ2) is 7.59. The van der Waals surface area contributed by atoms with Crippen molar-refractivity contribution in [1.82, 2.24) is 15.0 Å². The minimum absolute atomic E-state index is 0.391. The van der Waals surface area contributed by atoms with Crippen LogP contribution in [0.4, 0.5) is 13.2 Å². The smallest absolute Gasteiger partial charge is 0.338 e. The SMILES string of the molecule is CN(Cc1ccc(C(F)(F)F)cc1)Cc1nc(-c2cccc(Br)c2)no1. The summed E-state index contributed by atoms with van der Waals surface area (Å²) < 4.78 is 44.0. The number of aromatic nitrogens is 2. The van der Waals surface area contributed by atoms with Crippen molar-refractivity contribution in [3.63, 3.8) is 0 Å². The van der Waals surface area contributed by atoms with E-state index < -0.39 is 11.7 Å². The summed E-state index contributed by atoms with van der Waals surface area (Å²) in [5, 5.41) is 3.97. The fourth-order valence-corrected chi connectivity index (χ4v) is 2.86. The van der Waals surface area contributed by atoms with Crippen molar-refractivity contribution in [2.24, 2.45) is 0 Å². The van der Waals surface area contributed by atoms with Crippen molar-refractivity contribution in [3.8, 4) is 11.4 Å². The highest BCUT2D eigenvalue weighted by Gasteiger charge is 2.29. The Balaban J connectivity index is 1.63. The highest BCUT2D eigenvalue weighted by molar-refractivity contribution is 9.10. The van der Waals surface area contributed by atoms with E-state index in [1.807, 2.05) is 36.2 Å². The van der Waals surface area contributed by atoms with Gasteiger partial charge in [0.2, 0.25) is 11.7 Å². The third-order valence-electron chi connectivity index (χ3n) is 3.69. The molecule has 0 aliphatic carbocycles. The second-order valence-corrected chi connectivity index (χ2v) is 6.80. The lowest BCUT2D eigenvalue weighted by Crippen LogP contribution is -2.17. The molecule has 0 N–H and O–H groups in total. The van der Waals surface area contributed by atoms with E-state index in [-0.39, 0.29) is 0 Å². The van der Waals surface area contributed by atoms with E-state index in [9.17, 15) is 13.2 Å². The van der Waals surface area contributed by atoms with Crippen molar-refractivity contribution in [3.05, 3.63) is 70.0 Å². The van der Waals surface area contributed by atoms with Crippen LogP contribution >= 0.6 is 15.9 Å². The zero-order valence-electron chi connectivity index (χ0n) is 13.8. The standard InChI is InChI=1S/C18H15BrF3N3O/c1-25(10-12-5-7-14(8-6-12)18(20,21)22)11-16-23-17(24-26-16)13-3-2-4-15(19)9-13/h2-9H,10-11H2,1H3. The summed E-state index contributed by atoms with van der Waals surface area (Å²) in [6.45, 7) is 0.856. The van der Waals surface area contributed by atoms with Gasteiger partial charge >= 0.3 is 6.18 Å². The molecule has 136 valence electrons. The van der Waals surface area contributed by atoms with Gasteiger partial charge in [-0.15, -0.1) is 0 Å². The summed E-state index contributed by atoms with van der Waals surface area (Å²) in [7, 11) is 1.83. The van der Waals surface area contributed by atoms with Crippen LogP contribution in [0.2, 0.25) is 0 Å². The largest absolute Gasteiger partial charge is 0.416 e. The van der Waals surface area contributed by atoms with E-state index in [1.54, 1.807) is 0 Å². The van der Waals surface area contributed by atoms with Crippen molar-refractivity contribution in [1.29, 1.82) is 0 Å². The Morgan fingerprint density at radius 3 is 2.46 bits per heavy atom. The molecule has 0 aliphatic rings. The first-order chi connectivity index (χ1) is 12.3. The second-order valence-electron chi connectivity index (χ2n) is 5.89. The molecule has 0 atom stereocenters. The average molecular weight is 426 g/mol. The van der Waals surface area contributed by atoms with Gasteiger partial charge in [0.25, 0.3) is 0 Å². The Kier molecular flexibility index (Phi) is 5.43. The average Bonchev–Trinajstić information content (AvgIpc) is 3.03. The first kappa shape index (κ1) is 18.6. The lowest BCUT2D eigenvalue weighted by atomic mass is 10.1. The zero-order chi connectivity index (χ0) is 18.7.